The molecule has 142 valence electrons. The molecule has 0 spiro atoms. The molecule has 0 aliphatic carbocycles. The van der Waals surface area contributed by atoms with E-state index in [1.54, 1.807) is 31.4 Å². The van der Waals surface area contributed by atoms with Crippen LogP contribution in [0.2, 0.25) is 10.0 Å². The SMILES string of the molecule is COCCn1c(=NC(=O)COc2ccc(Cl)cc2)sc2ccc(Cl)c(C)c21. The minimum atomic E-state index is -0.369. The third-order valence-corrected chi connectivity index (χ3v) is 5.65. The van der Waals surface area contributed by atoms with Crippen LogP contribution in [-0.2, 0) is 16.1 Å². The number of hydrogen-bond donors (Lipinski definition) is 0. The molecular formula is C19H18Cl2N2O3S. The summed E-state index contributed by atoms with van der Waals surface area (Å²) in [7, 11) is 1.64. The first-order valence-corrected chi connectivity index (χ1v) is 9.80. The van der Waals surface area contributed by atoms with Crippen LogP contribution in [0.5, 0.6) is 5.75 Å². The number of thiazole rings is 1. The molecule has 1 heterocycles. The van der Waals surface area contributed by atoms with Gasteiger partial charge in [0.2, 0.25) is 0 Å². The van der Waals surface area contributed by atoms with Crippen molar-refractivity contribution in [1.29, 1.82) is 0 Å². The Kier molecular flexibility index (Phi) is 6.55. The van der Waals surface area contributed by atoms with Crippen LogP contribution in [0.15, 0.2) is 41.4 Å². The van der Waals surface area contributed by atoms with Gasteiger partial charge in [-0.1, -0.05) is 34.5 Å². The molecule has 2 aromatic carbocycles. The molecule has 0 aliphatic heterocycles. The van der Waals surface area contributed by atoms with Crippen molar-refractivity contribution in [3.8, 4) is 5.75 Å². The average Bonchev–Trinajstić information content (AvgIpc) is 3.00. The first-order valence-electron chi connectivity index (χ1n) is 8.23. The number of aromatic nitrogens is 1. The third kappa shape index (κ3) is 4.71. The van der Waals surface area contributed by atoms with Gasteiger partial charge in [-0.25, -0.2) is 0 Å². The van der Waals surface area contributed by atoms with Crippen LogP contribution < -0.4 is 9.54 Å². The zero-order chi connectivity index (χ0) is 19.4. The summed E-state index contributed by atoms with van der Waals surface area (Å²) in [6.07, 6.45) is 0. The molecule has 0 saturated heterocycles. The zero-order valence-corrected chi connectivity index (χ0v) is 17.2. The predicted molar refractivity (Wildman–Crippen MR) is 109 cm³/mol. The van der Waals surface area contributed by atoms with Crippen molar-refractivity contribution in [2.45, 2.75) is 13.5 Å². The number of carbonyl (C=O) groups excluding carboxylic acids is 1. The number of amides is 1. The van der Waals surface area contributed by atoms with Crippen molar-refractivity contribution in [3.63, 3.8) is 0 Å². The van der Waals surface area contributed by atoms with Gasteiger partial charge < -0.3 is 14.0 Å². The van der Waals surface area contributed by atoms with Gasteiger partial charge in [0.15, 0.2) is 11.4 Å². The second kappa shape index (κ2) is 8.89. The van der Waals surface area contributed by atoms with Crippen molar-refractivity contribution in [2.24, 2.45) is 4.99 Å². The molecule has 5 nitrogen and oxygen atoms in total. The first-order chi connectivity index (χ1) is 13.0. The Morgan fingerprint density at radius 3 is 2.63 bits per heavy atom. The maximum Gasteiger partial charge on any atom is 0.286 e. The van der Waals surface area contributed by atoms with Gasteiger partial charge in [0.05, 0.1) is 16.8 Å². The summed E-state index contributed by atoms with van der Waals surface area (Å²) in [5.74, 6) is 0.195. The second-order valence-corrected chi connectivity index (χ2v) is 7.65. The lowest BCUT2D eigenvalue weighted by Gasteiger charge is -2.07. The summed E-state index contributed by atoms with van der Waals surface area (Å²) in [4.78, 5) is 17.2. The summed E-state index contributed by atoms with van der Waals surface area (Å²) < 4.78 is 13.7. The smallest absolute Gasteiger partial charge is 0.286 e. The fourth-order valence-corrected chi connectivity index (χ4v) is 4.02. The summed E-state index contributed by atoms with van der Waals surface area (Å²) in [6, 6.07) is 10.6. The molecule has 0 atom stereocenters. The van der Waals surface area contributed by atoms with Crippen molar-refractivity contribution in [1.82, 2.24) is 4.57 Å². The van der Waals surface area contributed by atoms with Crippen LogP contribution in [0.4, 0.5) is 0 Å². The lowest BCUT2D eigenvalue weighted by molar-refractivity contribution is -0.120. The molecule has 0 saturated carbocycles. The average molecular weight is 425 g/mol. The lowest BCUT2D eigenvalue weighted by atomic mass is 10.2. The maximum absolute atomic E-state index is 12.3. The Morgan fingerprint density at radius 1 is 1.19 bits per heavy atom. The van der Waals surface area contributed by atoms with E-state index in [1.165, 1.54) is 11.3 Å². The van der Waals surface area contributed by atoms with Crippen molar-refractivity contribution in [2.75, 3.05) is 20.3 Å². The van der Waals surface area contributed by atoms with Crippen molar-refractivity contribution >= 4 is 50.7 Å². The summed E-state index contributed by atoms with van der Waals surface area (Å²) in [5.41, 5.74) is 1.92. The highest BCUT2D eigenvalue weighted by molar-refractivity contribution is 7.16. The van der Waals surface area contributed by atoms with Crippen molar-refractivity contribution < 1.29 is 14.3 Å². The number of rotatable bonds is 6. The largest absolute Gasteiger partial charge is 0.484 e. The highest BCUT2D eigenvalue weighted by atomic mass is 35.5. The van der Waals surface area contributed by atoms with Gasteiger partial charge in [0.25, 0.3) is 5.91 Å². The van der Waals surface area contributed by atoms with Gasteiger partial charge >= 0.3 is 0 Å². The van der Waals surface area contributed by atoms with Crippen LogP contribution in [0.1, 0.15) is 5.56 Å². The number of nitrogens with zero attached hydrogens (tertiary/aromatic N) is 2. The quantitative estimate of drug-likeness (QED) is 0.586. The number of benzene rings is 2. The fraction of sp³-hybridized carbons (Fsp3) is 0.263. The van der Waals surface area contributed by atoms with E-state index >= 15 is 0 Å². The van der Waals surface area contributed by atoms with Gasteiger partial charge in [-0.2, -0.15) is 4.99 Å². The highest BCUT2D eigenvalue weighted by Crippen LogP contribution is 2.27. The van der Waals surface area contributed by atoms with Crippen LogP contribution in [0, 0.1) is 6.92 Å². The standard InChI is InChI=1S/C19H18Cl2N2O3S/c1-12-15(21)7-8-16-18(12)23(9-10-25-2)19(27-16)22-17(24)11-26-14-5-3-13(20)4-6-14/h3-8H,9-11H2,1-2H3. The zero-order valence-electron chi connectivity index (χ0n) is 14.9. The summed E-state index contributed by atoms with van der Waals surface area (Å²) in [6.45, 7) is 2.87. The number of hydrogen-bond acceptors (Lipinski definition) is 4. The Bertz CT molecular complexity index is 1030. The molecule has 3 rings (SSSR count). The minimum Gasteiger partial charge on any atom is -0.484 e. The van der Waals surface area contributed by atoms with E-state index in [9.17, 15) is 4.79 Å². The fourth-order valence-electron chi connectivity index (χ4n) is 2.61. The van der Waals surface area contributed by atoms with Gasteiger partial charge in [0, 0.05) is 23.7 Å². The molecule has 8 heteroatoms. The molecule has 0 fully saturated rings. The van der Waals surface area contributed by atoms with Crippen LogP contribution in [0.3, 0.4) is 0 Å². The molecule has 0 aliphatic rings. The monoisotopic (exact) mass is 424 g/mol. The minimum absolute atomic E-state index is 0.153. The van der Waals surface area contributed by atoms with E-state index in [1.807, 2.05) is 23.6 Å². The van der Waals surface area contributed by atoms with Crippen molar-refractivity contribution in [3.05, 3.63) is 56.8 Å². The Hall–Kier alpha value is -1.86. The molecule has 3 aromatic rings. The van der Waals surface area contributed by atoms with Gasteiger partial charge in [0.1, 0.15) is 5.75 Å². The van der Waals surface area contributed by atoms with E-state index in [-0.39, 0.29) is 12.5 Å². The maximum atomic E-state index is 12.3. The number of methoxy groups -OCH3 is 1. The normalized spacial score (nSPS) is 11.9. The number of halogens is 2. The number of aryl methyl sites for hydroxylation is 1. The Morgan fingerprint density at radius 2 is 1.93 bits per heavy atom. The number of carbonyl (C=O) groups is 1. The van der Waals surface area contributed by atoms with E-state index in [4.69, 9.17) is 32.7 Å². The van der Waals surface area contributed by atoms with E-state index < -0.39 is 0 Å². The van der Waals surface area contributed by atoms with Crippen LogP contribution in [-0.4, -0.2) is 30.8 Å². The molecule has 0 bridgehead atoms. The number of fused-ring (bicyclic) bond motifs is 1. The van der Waals surface area contributed by atoms with E-state index in [2.05, 4.69) is 4.99 Å². The highest BCUT2D eigenvalue weighted by Gasteiger charge is 2.12. The lowest BCUT2D eigenvalue weighted by Crippen LogP contribution is -2.21. The Balaban J connectivity index is 1.90. The molecular weight excluding hydrogens is 407 g/mol. The van der Waals surface area contributed by atoms with E-state index in [0.717, 1.165) is 15.8 Å². The molecule has 0 N–H and O–H groups in total. The molecule has 27 heavy (non-hydrogen) atoms. The predicted octanol–water partition coefficient (Wildman–Crippen LogP) is 4.47. The molecule has 0 radical (unpaired) electrons. The van der Waals surface area contributed by atoms with Gasteiger partial charge in [-0.05, 0) is 48.9 Å². The topological polar surface area (TPSA) is 52.8 Å². The van der Waals surface area contributed by atoms with Crippen LogP contribution >= 0.6 is 34.5 Å². The van der Waals surface area contributed by atoms with Gasteiger partial charge in [-0.3, -0.25) is 4.79 Å². The molecule has 0 unspecified atom stereocenters. The second-order valence-electron chi connectivity index (χ2n) is 5.80. The molecule has 1 aromatic heterocycles. The summed E-state index contributed by atoms with van der Waals surface area (Å²) in [5, 5.41) is 1.28. The number of ether oxygens (including phenoxy) is 2. The van der Waals surface area contributed by atoms with Crippen LogP contribution in [0.25, 0.3) is 10.2 Å². The molecule has 1 amide bonds. The summed E-state index contributed by atoms with van der Waals surface area (Å²) >= 11 is 13.5. The van der Waals surface area contributed by atoms with Gasteiger partial charge in [-0.15, -0.1) is 0 Å². The first kappa shape index (κ1) is 19.9. The van der Waals surface area contributed by atoms with E-state index in [0.29, 0.717) is 33.7 Å². The third-order valence-electron chi connectivity index (χ3n) is 3.95. The Labute approximate surface area is 170 Å².